The first-order chi connectivity index (χ1) is 17.3. The van der Waals surface area contributed by atoms with Crippen LogP contribution in [-0.4, -0.2) is 24.1 Å². The number of rotatable bonds is 9. The quantitative estimate of drug-likeness (QED) is 0.176. The van der Waals surface area contributed by atoms with Crippen LogP contribution >= 0.6 is 11.8 Å². The molecular formula is C31H31FO3S. The van der Waals surface area contributed by atoms with Crippen molar-refractivity contribution in [2.24, 2.45) is 0 Å². The fourth-order valence-corrected chi connectivity index (χ4v) is 4.79. The van der Waals surface area contributed by atoms with Gasteiger partial charge in [0.1, 0.15) is 18.2 Å². The minimum Gasteiger partial charge on any atom is -0.461 e. The highest BCUT2D eigenvalue weighted by Gasteiger charge is 2.20. The second kappa shape index (κ2) is 13.1. The van der Waals surface area contributed by atoms with E-state index >= 15 is 0 Å². The van der Waals surface area contributed by atoms with Crippen LogP contribution in [-0.2, 0) is 9.53 Å². The number of carbonyl (C=O) groups is 2. The number of esters is 1. The van der Waals surface area contributed by atoms with Gasteiger partial charge in [0, 0.05) is 23.2 Å². The van der Waals surface area contributed by atoms with Gasteiger partial charge >= 0.3 is 5.97 Å². The normalized spacial score (nSPS) is 12.2. The van der Waals surface area contributed by atoms with Gasteiger partial charge in [-0.3, -0.25) is 4.79 Å². The van der Waals surface area contributed by atoms with Crippen molar-refractivity contribution in [3.63, 3.8) is 0 Å². The average molecular weight is 503 g/mol. The highest BCUT2D eigenvalue weighted by Crippen LogP contribution is 2.30. The van der Waals surface area contributed by atoms with Gasteiger partial charge in [0.25, 0.3) is 0 Å². The summed E-state index contributed by atoms with van der Waals surface area (Å²) in [7, 11) is 0. The summed E-state index contributed by atoms with van der Waals surface area (Å²) < 4.78 is 18.5. The molecule has 0 aliphatic carbocycles. The molecule has 2 atom stereocenters. The van der Waals surface area contributed by atoms with Crippen molar-refractivity contribution in [2.75, 3.05) is 12.4 Å². The summed E-state index contributed by atoms with van der Waals surface area (Å²) in [6, 6.07) is 19.6. The maximum absolute atomic E-state index is 13.1. The Bertz CT molecular complexity index is 1270. The van der Waals surface area contributed by atoms with Crippen molar-refractivity contribution in [3.05, 3.63) is 106 Å². The summed E-state index contributed by atoms with van der Waals surface area (Å²) in [5, 5.41) is 0.0846. The van der Waals surface area contributed by atoms with Crippen molar-refractivity contribution in [3.8, 4) is 11.8 Å². The van der Waals surface area contributed by atoms with Crippen LogP contribution in [0.4, 0.5) is 4.39 Å². The Morgan fingerprint density at radius 3 is 2.39 bits per heavy atom. The van der Waals surface area contributed by atoms with Crippen molar-refractivity contribution in [1.29, 1.82) is 0 Å². The molecule has 3 nitrogen and oxygen atoms in total. The predicted molar refractivity (Wildman–Crippen MR) is 145 cm³/mol. The minimum absolute atomic E-state index is 0.0846. The third kappa shape index (κ3) is 7.57. The molecule has 0 N–H and O–H groups in total. The first-order valence-electron chi connectivity index (χ1n) is 12.0. The smallest absolute Gasteiger partial charge is 0.338 e. The number of Topliss-reactive ketones (excluding diaryl/α,β-unsaturated/α-hetero) is 1. The fourth-order valence-electron chi connectivity index (χ4n) is 3.77. The van der Waals surface area contributed by atoms with Crippen LogP contribution in [0.5, 0.6) is 0 Å². The molecule has 0 radical (unpaired) electrons. The molecular weight excluding hydrogens is 471 g/mol. The van der Waals surface area contributed by atoms with Crippen LogP contribution in [0.15, 0.2) is 66.7 Å². The van der Waals surface area contributed by atoms with E-state index in [1.165, 1.54) is 23.9 Å². The Morgan fingerprint density at radius 1 is 0.972 bits per heavy atom. The lowest BCUT2D eigenvalue weighted by Gasteiger charge is -2.16. The van der Waals surface area contributed by atoms with Gasteiger partial charge in [0.05, 0.1) is 11.3 Å². The van der Waals surface area contributed by atoms with Gasteiger partial charge in [-0.2, -0.15) is 0 Å². The molecule has 3 aromatic rings. The summed E-state index contributed by atoms with van der Waals surface area (Å²) in [6.45, 7) is 8.03. The molecule has 0 aromatic heterocycles. The number of thioether (sulfide) groups is 1. The molecule has 36 heavy (non-hydrogen) atoms. The number of ketones is 1. The molecule has 0 spiro atoms. The van der Waals surface area contributed by atoms with Gasteiger partial charge in [-0.15, -0.1) is 11.8 Å². The third-order valence-electron chi connectivity index (χ3n) is 6.10. The van der Waals surface area contributed by atoms with Crippen LogP contribution in [0.25, 0.3) is 0 Å². The zero-order chi connectivity index (χ0) is 26.1. The molecule has 0 aliphatic heterocycles. The molecule has 0 amide bonds. The van der Waals surface area contributed by atoms with Gasteiger partial charge in [-0.1, -0.05) is 55.2 Å². The van der Waals surface area contributed by atoms with Gasteiger partial charge in [0.15, 0.2) is 0 Å². The van der Waals surface area contributed by atoms with E-state index < -0.39 is 5.97 Å². The second-order valence-corrected chi connectivity index (χ2v) is 10.1. The monoisotopic (exact) mass is 502 g/mol. The Hall–Kier alpha value is -3.36. The Labute approximate surface area is 217 Å². The zero-order valence-corrected chi connectivity index (χ0v) is 22.0. The van der Waals surface area contributed by atoms with Crippen molar-refractivity contribution in [2.45, 2.75) is 45.3 Å². The number of halogens is 1. The molecule has 0 bridgehead atoms. The van der Waals surface area contributed by atoms with E-state index in [2.05, 4.69) is 11.8 Å². The van der Waals surface area contributed by atoms with E-state index in [4.69, 9.17) is 4.74 Å². The van der Waals surface area contributed by atoms with Gasteiger partial charge in [-0.05, 0) is 73.4 Å². The highest BCUT2D eigenvalue weighted by molar-refractivity contribution is 8.00. The molecule has 2 unspecified atom stereocenters. The summed E-state index contributed by atoms with van der Waals surface area (Å²) in [5.74, 6) is 5.66. The van der Waals surface area contributed by atoms with E-state index in [9.17, 15) is 14.0 Å². The summed E-state index contributed by atoms with van der Waals surface area (Å²) in [4.78, 5) is 25.3. The summed E-state index contributed by atoms with van der Waals surface area (Å²) in [6.07, 6.45) is 0.455. The largest absolute Gasteiger partial charge is 0.461 e. The second-order valence-electron chi connectivity index (χ2n) is 8.77. The highest BCUT2D eigenvalue weighted by atomic mass is 32.2. The Balaban J connectivity index is 1.51. The van der Waals surface area contributed by atoms with Crippen LogP contribution in [0.3, 0.4) is 0 Å². The number of aryl methyl sites for hydroxylation is 2. The van der Waals surface area contributed by atoms with E-state index in [0.717, 1.165) is 27.8 Å². The third-order valence-corrected chi connectivity index (χ3v) is 7.32. The number of ether oxygens (including phenoxy) is 1. The van der Waals surface area contributed by atoms with Crippen molar-refractivity contribution < 1.29 is 18.7 Å². The lowest BCUT2D eigenvalue weighted by Crippen LogP contribution is -2.14. The Morgan fingerprint density at radius 2 is 1.69 bits per heavy atom. The van der Waals surface area contributed by atoms with Crippen LogP contribution in [0.2, 0.25) is 0 Å². The van der Waals surface area contributed by atoms with Gasteiger partial charge in [-0.25, -0.2) is 9.18 Å². The van der Waals surface area contributed by atoms with Crippen LogP contribution in [0.1, 0.15) is 69.6 Å². The van der Waals surface area contributed by atoms with Crippen molar-refractivity contribution in [1.82, 2.24) is 0 Å². The SMILES string of the molecule is Cc1ccccc1C#CCCOC(=O)c1ccc(C(C)C(=O)CSC(C)c2ccc(F)cc2)c(C)c1. The molecule has 0 saturated heterocycles. The first kappa shape index (κ1) is 27.2. The summed E-state index contributed by atoms with van der Waals surface area (Å²) >= 11 is 1.54. The maximum atomic E-state index is 13.1. The molecule has 0 saturated carbocycles. The molecule has 3 rings (SSSR count). The number of hydrogen-bond donors (Lipinski definition) is 0. The zero-order valence-electron chi connectivity index (χ0n) is 21.1. The standard InChI is InChI=1S/C31H31FO3S/c1-21-9-5-6-10-25(21)11-7-8-18-35-31(34)27-14-17-29(22(2)19-27)23(3)30(33)20-36-24(4)26-12-15-28(32)16-13-26/h5-6,9-10,12-17,19,23-24H,8,18,20H2,1-4H3. The molecule has 186 valence electrons. The predicted octanol–water partition coefficient (Wildman–Crippen LogP) is 7.21. The van der Waals surface area contributed by atoms with E-state index in [1.54, 1.807) is 24.3 Å². The van der Waals surface area contributed by atoms with E-state index in [-0.39, 0.29) is 29.4 Å². The van der Waals surface area contributed by atoms with Gasteiger partial charge in [0.2, 0.25) is 0 Å². The topological polar surface area (TPSA) is 43.4 Å². The van der Waals surface area contributed by atoms with Gasteiger partial charge < -0.3 is 4.74 Å². The van der Waals surface area contributed by atoms with Crippen LogP contribution in [0, 0.1) is 31.5 Å². The first-order valence-corrected chi connectivity index (χ1v) is 13.0. The number of hydrogen-bond acceptors (Lipinski definition) is 4. The van der Waals surface area contributed by atoms with Crippen LogP contribution < -0.4 is 0 Å². The number of carbonyl (C=O) groups excluding carboxylic acids is 2. The number of benzene rings is 3. The molecule has 3 aromatic carbocycles. The molecule has 0 heterocycles. The molecule has 5 heteroatoms. The van der Waals surface area contributed by atoms with Crippen molar-refractivity contribution >= 4 is 23.5 Å². The summed E-state index contributed by atoms with van der Waals surface area (Å²) in [5.41, 5.74) is 5.31. The molecule has 0 fully saturated rings. The van der Waals surface area contributed by atoms with E-state index in [1.807, 2.05) is 58.0 Å². The lowest BCUT2D eigenvalue weighted by atomic mass is 9.92. The lowest BCUT2D eigenvalue weighted by molar-refractivity contribution is -0.117. The van der Waals surface area contributed by atoms with E-state index in [0.29, 0.717) is 17.7 Å². The Kier molecular flexibility index (Phi) is 9.90. The maximum Gasteiger partial charge on any atom is 0.338 e. The average Bonchev–Trinajstić information content (AvgIpc) is 2.87. The fraction of sp³-hybridized carbons (Fsp3) is 0.290. The molecule has 0 aliphatic rings. The minimum atomic E-state index is -0.398.